The lowest BCUT2D eigenvalue weighted by molar-refractivity contribution is 0.0553. The Morgan fingerprint density at radius 3 is 2.58 bits per heavy atom. The number of carbonyl (C=O) groups excluding carboxylic acids is 1. The fourth-order valence-corrected chi connectivity index (χ4v) is 6.03. The first-order valence-electron chi connectivity index (χ1n) is 12.7. The SMILES string of the molecule is COC(=O)c1cc2c(cc1Cl)c1ncc(-c3c(C)nnn3C)cc1n2[C@H](c1ccccc1)C1CCOCC1. The lowest BCUT2D eigenvalue weighted by Crippen LogP contribution is -2.27. The Balaban J connectivity index is 1.71. The standard InChI is InChI=1S/C29H28ClN5O3/c1-17-27(34(2)33-32-17)20-13-25-26(31-16-20)22-14-23(30)21(29(36)37-3)15-24(22)35(25)28(18-7-5-4-6-8-18)19-9-11-38-12-10-19/h4-8,13-16,19,28H,9-12H2,1-3H3/t28-/m1/s1. The number of aromatic nitrogens is 5. The second-order valence-electron chi connectivity index (χ2n) is 9.75. The minimum absolute atomic E-state index is 0.00502. The molecular formula is C29H28ClN5O3. The first kappa shape index (κ1) is 24.6. The van der Waals surface area contributed by atoms with Crippen molar-refractivity contribution in [3.8, 4) is 11.3 Å². The van der Waals surface area contributed by atoms with E-state index in [0.29, 0.717) is 29.7 Å². The summed E-state index contributed by atoms with van der Waals surface area (Å²) in [5.74, 6) is -0.146. The molecule has 1 fully saturated rings. The molecule has 38 heavy (non-hydrogen) atoms. The number of hydrogen-bond acceptors (Lipinski definition) is 6. The largest absolute Gasteiger partial charge is 0.465 e. The fraction of sp³-hybridized carbons (Fsp3) is 0.310. The summed E-state index contributed by atoms with van der Waals surface area (Å²) in [4.78, 5) is 17.6. The van der Waals surface area contributed by atoms with Crippen LogP contribution in [0.5, 0.6) is 0 Å². The van der Waals surface area contributed by atoms with Crippen molar-refractivity contribution in [3.63, 3.8) is 0 Å². The number of methoxy groups -OCH3 is 1. The van der Waals surface area contributed by atoms with Gasteiger partial charge in [0, 0.05) is 37.4 Å². The lowest BCUT2D eigenvalue weighted by Gasteiger charge is -2.33. The van der Waals surface area contributed by atoms with Crippen molar-refractivity contribution >= 4 is 39.5 Å². The molecule has 1 aliphatic heterocycles. The number of fused-ring (bicyclic) bond motifs is 3. The second kappa shape index (κ2) is 9.85. The van der Waals surface area contributed by atoms with E-state index in [2.05, 4.69) is 45.2 Å². The maximum Gasteiger partial charge on any atom is 0.339 e. The van der Waals surface area contributed by atoms with Gasteiger partial charge in [-0.15, -0.1) is 5.10 Å². The summed E-state index contributed by atoms with van der Waals surface area (Å²) in [5.41, 5.74) is 6.84. The first-order valence-corrected chi connectivity index (χ1v) is 13.1. The summed E-state index contributed by atoms with van der Waals surface area (Å²) in [7, 11) is 3.25. The number of rotatable bonds is 5. The molecule has 8 nitrogen and oxygen atoms in total. The molecular weight excluding hydrogens is 502 g/mol. The van der Waals surface area contributed by atoms with E-state index >= 15 is 0 Å². The third-order valence-corrected chi connectivity index (χ3v) is 7.85. The van der Waals surface area contributed by atoms with Gasteiger partial charge in [0.2, 0.25) is 0 Å². The number of halogens is 1. The van der Waals surface area contributed by atoms with Crippen LogP contribution in [0.4, 0.5) is 0 Å². The van der Waals surface area contributed by atoms with Gasteiger partial charge >= 0.3 is 5.97 Å². The van der Waals surface area contributed by atoms with Crippen molar-refractivity contribution in [2.75, 3.05) is 20.3 Å². The van der Waals surface area contributed by atoms with Crippen molar-refractivity contribution in [3.05, 3.63) is 76.6 Å². The zero-order valence-corrected chi connectivity index (χ0v) is 22.3. The van der Waals surface area contributed by atoms with Gasteiger partial charge in [0.05, 0.1) is 51.7 Å². The van der Waals surface area contributed by atoms with Gasteiger partial charge in [-0.3, -0.25) is 4.98 Å². The van der Waals surface area contributed by atoms with Gasteiger partial charge in [0.25, 0.3) is 0 Å². The predicted molar refractivity (Wildman–Crippen MR) is 146 cm³/mol. The lowest BCUT2D eigenvalue weighted by atomic mass is 9.86. The van der Waals surface area contributed by atoms with Gasteiger partial charge in [-0.1, -0.05) is 47.1 Å². The third-order valence-electron chi connectivity index (χ3n) is 7.53. The fourth-order valence-electron chi connectivity index (χ4n) is 5.79. The maximum absolute atomic E-state index is 12.7. The Kier molecular flexibility index (Phi) is 6.37. The van der Waals surface area contributed by atoms with E-state index in [1.165, 1.54) is 12.7 Å². The van der Waals surface area contributed by atoms with E-state index in [9.17, 15) is 4.79 Å². The Bertz CT molecular complexity index is 1630. The Morgan fingerprint density at radius 2 is 1.89 bits per heavy atom. The van der Waals surface area contributed by atoms with Crippen molar-refractivity contribution in [2.45, 2.75) is 25.8 Å². The van der Waals surface area contributed by atoms with Gasteiger partial charge < -0.3 is 14.0 Å². The molecule has 5 aromatic rings. The van der Waals surface area contributed by atoms with Crippen LogP contribution in [0.25, 0.3) is 33.2 Å². The second-order valence-corrected chi connectivity index (χ2v) is 10.2. The molecule has 1 saturated heterocycles. The number of esters is 1. The van der Waals surface area contributed by atoms with Gasteiger partial charge in [-0.05, 0) is 49.4 Å². The zero-order valence-electron chi connectivity index (χ0n) is 21.5. The number of nitrogens with zero attached hydrogens (tertiary/aromatic N) is 5. The van der Waals surface area contributed by atoms with Crippen LogP contribution in [0.15, 0.2) is 54.7 Å². The van der Waals surface area contributed by atoms with Gasteiger partial charge in [0.15, 0.2) is 0 Å². The Hall–Kier alpha value is -3.75. The van der Waals surface area contributed by atoms with Crippen molar-refractivity contribution in [1.82, 2.24) is 24.5 Å². The van der Waals surface area contributed by atoms with Crippen LogP contribution >= 0.6 is 11.6 Å². The average Bonchev–Trinajstić information content (AvgIpc) is 3.44. The van der Waals surface area contributed by atoms with Crippen LogP contribution in [0.3, 0.4) is 0 Å². The summed E-state index contributed by atoms with van der Waals surface area (Å²) in [5, 5.41) is 9.66. The molecule has 194 valence electrons. The first-order chi connectivity index (χ1) is 18.5. The van der Waals surface area contributed by atoms with Crippen molar-refractivity contribution in [1.29, 1.82) is 0 Å². The molecule has 0 N–H and O–H groups in total. The number of hydrogen-bond donors (Lipinski definition) is 0. The molecule has 0 unspecified atom stereocenters. The van der Waals surface area contributed by atoms with Crippen molar-refractivity contribution < 1.29 is 14.3 Å². The van der Waals surface area contributed by atoms with Crippen LogP contribution in [0.1, 0.15) is 40.5 Å². The molecule has 0 amide bonds. The number of carbonyl (C=O) groups is 1. The van der Waals surface area contributed by atoms with E-state index < -0.39 is 5.97 Å². The number of pyridine rings is 1. The average molecular weight is 530 g/mol. The molecule has 9 heteroatoms. The summed E-state index contributed by atoms with van der Waals surface area (Å²) in [6.07, 6.45) is 3.71. The minimum Gasteiger partial charge on any atom is -0.465 e. The molecule has 4 heterocycles. The topological polar surface area (TPSA) is 84.1 Å². The third kappa shape index (κ3) is 4.04. The van der Waals surface area contributed by atoms with Crippen LogP contribution in [0, 0.1) is 12.8 Å². The van der Waals surface area contributed by atoms with Crippen LogP contribution in [0.2, 0.25) is 5.02 Å². The summed E-state index contributed by atoms with van der Waals surface area (Å²) < 4.78 is 14.9. The molecule has 1 aliphatic rings. The quantitative estimate of drug-likeness (QED) is 0.270. The smallest absolute Gasteiger partial charge is 0.339 e. The number of aryl methyl sites for hydroxylation is 2. The van der Waals surface area contributed by atoms with Gasteiger partial charge in [-0.2, -0.15) is 0 Å². The number of benzene rings is 2. The highest BCUT2D eigenvalue weighted by atomic mass is 35.5. The van der Waals surface area contributed by atoms with E-state index in [1.807, 2.05) is 38.4 Å². The molecule has 2 aromatic carbocycles. The number of ether oxygens (including phenoxy) is 2. The van der Waals surface area contributed by atoms with Crippen LogP contribution in [-0.2, 0) is 16.5 Å². The molecule has 1 atom stereocenters. The maximum atomic E-state index is 12.7. The van der Waals surface area contributed by atoms with Crippen LogP contribution < -0.4 is 0 Å². The Morgan fingerprint density at radius 1 is 1.13 bits per heavy atom. The zero-order chi connectivity index (χ0) is 26.4. The van der Waals surface area contributed by atoms with E-state index in [0.717, 1.165) is 51.7 Å². The normalized spacial score (nSPS) is 15.3. The van der Waals surface area contributed by atoms with E-state index in [1.54, 1.807) is 4.68 Å². The van der Waals surface area contributed by atoms with Gasteiger partial charge in [0.1, 0.15) is 0 Å². The minimum atomic E-state index is -0.471. The predicted octanol–water partition coefficient (Wildman–Crippen LogP) is 5.75. The molecule has 0 bridgehead atoms. The molecule has 3 aromatic heterocycles. The Labute approximate surface area is 225 Å². The molecule has 0 radical (unpaired) electrons. The highest BCUT2D eigenvalue weighted by molar-refractivity contribution is 6.35. The summed E-state index contributed by atoms with van der Waals surface area (Å²) in [6.45, 7) is 3.38. The molecule has 6 rings (SSSR count). The molecule has 0 saturated carbocycles. The van der Waals surface area contributed by atoms with E-state index in [4.69, 9.17) is 26.1 Å². The summed E-state index contributed by atoms with van der Waals surface area (Å²) in [6, 6.07) is 16.3. The molecule has 0 aliphatic carbocycles. The van der Waals surface area contributed by atoms with Crippen LogP contribution in [-0.4, -0.2) is 50.8 Å². The highest BCUT2D eigenvalue weighted by Crippen LogP contribution is 2.42. The van der Waals surface area contributed by atoms with Crippen molar-refractivity contribution in [2.24, 2.45) is 13.0 Å². The van der Waals surface area contributed by atoms with E-state index in [-0.39, 0.29) is 6.04 Å². The monoisotopic (exact) mass is 529 g/mol. The van der Waals surface area contributed by atoms with Gasteiger partial charge in [-0.25, -0.2) is 9.48 Å². The molecule has 0 spiro atoms. The summed E-state index contributed by atoms with van der Waals surface area (Å²) >= 11 is 6.61. The highest BCUT2D eigenvalue weighted by Gasteiger charge is 2.31.